The van der Waals surface area contributed by atoms with Crippen molar-refractivity contribution in [2.24, 2.45) is 0 Å². The summed E-state index contributed by atoms with van der Waals surface area (Å²) < 4.78 is 33.3. The normalized spacial score (nSPS) is 11.4. The molecule has 0 aliphatic heterocycles. The van der Waals surface area contributed by atoms with Gasteiger partial charge in [-0.1, -0.05) is 24.3 Å². The van der Waals surface area contributed by atoms with Gasteiger partial charge in [0.2, 0.25) is 0 Å². The predicted molar refractivity (Wildman–Crippen MR) is 90.3 cm³/mol. The molecule has 1 aromatic heterocycles. The zero-order valence-corrected chi connectivity index (χ0v) is 13.6. The Bertz CT molecular complexity index is 963. The number of benzene rings is 2. The van der Waals surface area contributed by atoms with Gasteiger partial charge in [-0.25, -0.2) is 8.42 Å². The van der Waals surface area contributed by atoms with Crippen molar-refractivity contribution in [2.75, 3.05) is 11.8 Å². The van der Waals surface area contributed by atoms with Crippen LogP contribution in [0, 0.1) is 6.92 Å². The van der Waals surface area contributed by atoms with Crippen LogP contribution >= 0.6 is 0 Å². The molecule has 118 valence electrons. The number of aryl methyl sites for hydroxylation is 1. The minimum atomic E-state index is -3.79. The number of methoxy groups -OCH3 is 1. The molecule has 23 heavy (non-hydrogen) atoms. The highest BCUT2D eigenvalue weighted by atomic mass is 32.2. The molecule has 0 spiro atoms. The number of aromatic nitrogens is 1. The summed E-state index contributed by atoms with van der Waals surface area (Å²) in [4.78, 5) is 4.37. The Hall–Kier alpha value is -2.60. The third kappa shape index (κ3) is 2.98. The van der Waals surface area contributed by atoms with Crippen molar-refractivity contribution in [1.82, 2.24) is 4.98 Å². The summed E-state index contributed by atoms with van der Waals surface area (Å²) in [5, 5.41) is 0.865. The first-order valence-corrected chi connectivity index (χ1v) is 8.51. The van der Waals surface area contributed by atoms with Gasteiger partial charge in [0.15, 0.2) is 0 Å². The Morgan fingerprint density at radius 2 is 1.87 bits per heavy atom. The molecule has 0 radical (unpaired) electrons. The van der Waals surface area contributed by atoms with Gasteiger partial charge in [0.1, 0.15) is 10.6 Å². The van der Waals surface area contributed by atoms with Gasteiger partial charge in [-0.3, -0.25) is 9.71 Å². The molecule has 3 rings (SSSR count). The Kier molecular flexibility index (Phi) is 3.92. The van der Waals surface area contributed by atoms with Crippen LogP contribution in [0.1, 0.15) is 5.56 Å². The van der Waals surface area contributed by atoms with Crippen LogP contribution in [0.25, 0.3) is 10.9 Å². The lowest BCUT2D eigenvalue weighted by atomic mass is 10.2. The number of sulfonamides is 1. The fraction of sp³-hybridized carbons (Fsp3) is 0.118. The highest BCUT2D eigenvalue weighted by Crippen LogP contribution is 2.29. The molecular formula is C17H16N2O3S. The smallest absolute Gasteiger partial charge is 0.265 e. The van der Waals surface area contributed by atoms with E-state index in [1.54, 1.807) is 36.5 Å². The van der Waals surface area contributed by atoms with Gasteiger partial charge in [0.05, 0.1) is 18.3 Å². The van der Waals surface area contributed by atoms with Crippen molar-refractivity contribution in [1.29, 1.82) is 0 Å². The number of hydrogen-bond acceptors (Lipinski definition) is 4. The Labute approximate surface area is 135 Å². The number of nitrogens with one attached hydrogen (secondary N) is 1. The monoisotopic (exact) mass is 328 g/mol. The molecule has 0 bridgehead atoms. The zero-order valence-electron chi connectivity index (χ0n) is 12.8. The van der Waals surface area contributed by atoms with E-state index < -0.39 is 10.0 Å². The van der Waals surface area contributed by atoms with E-state index in [1.807, 2.05) is 25.1 Å². The summed E-state index contributed by atoms with van der Waals surface area (Å²) in [5.74, 6) is 0.302. The SMILES string of the molecule is COc1ccc(C)cc1S(=O)(=O)Nc1cccc2cccnc12. The number of pyridine rings is 1. The van der Waals surface area contributed by atoms with Crippen LogP contribution in [0.3, 0.4) is 0 Å². The second-order valence-electron chi connectivity index (χ2n) is 5.14. The molecule has 1 heterocycles. The molecule has 0 saturated heterocycles. The Morgan fingerprint density at radius 3 is 2.65 bits per heavy atom. The van der Waals surface area contributed by atoms with Crippen molar-refractivity contribution < 1.29 is 13.2 Å². The van der Waals surface area contributed by atoms with Crippen LogP contribution in [0.2, 0.25) is 0 Å². The molecule has 2 aromatic carbocycles. The molecule has 0 saturated carbocycles. The number of fused-ring (bicyclic) bond motifs is 1. The summed E-state index contributed by atoms with van der Waals surface area (Å²) >= 11 is 0. The second kappa shape index (κ2) is 5.89. The number of hydrogen-bond donors (Lipinski definition) is 1. The first-order chi connectivity index (χ1) is 11.0. The lowest BCUT2D eigenvalue weighted by Gasteiger charge is -2.13. The van der Waals surface area contributed by atoms with E-state index in [2.05, 4.69) is 9.71 Å². The third-order valence-electron chi connectivity index (χ3n) is 3.49. The lowest BCUT2D eigenvalue weighted by molar-refractivity contribution is 0.402. The molecule has 0 unspecified atom stereocenters. The zero-order chi connectivity index (χ0) is 16.4. The maximum Gasteiger partial charge on any atom is 0.265 e. The second-order valence-corrected chi connectivity index (χ2v) is 6.79. The maximum atomic E-state index is 12.8. The fourth-order valence-electron chi connectivity index (χ4n) is 2.38. The van der Waals surface area contributed by atoms with E-state index in [-0.39, 0.29) is 4.90 Å². The van der Waals surface area contributed by atoms with E-state index >= 15 is 0 Å². The van der Waals surface area contributed by atoms with Gasteiger partial charge in [0, 0.05) is 11.6 Å². The molecule has 6 heteroatoms. The van der Waals surface area contributed by atoms with Crippen molar-refractivity contribution in [3.63, 3.8) is 0 Å². The van der Waals surface area contributed by atoms with Crippen LogP contribution in [-0.2, 0) is 10.0 Å². The highest BCUT2D eigenvalue weighted by molar-refractivity contribution is 7.92. The van der Waals surface area contributed by atoms with Crippen LogP contribution < -0.4 is 9.46 Å². The molecule has 5 nitrogen and oxygen atoms in total. The van der Waals surface area contributed by atoms with E-state index in [4.69, 9.17) is 4.74 Å². The van der Waals surface area contributed by atoms with E-state index in [1.165, 1.54) is 7.11 Å². The fourth-order valence-corrected chi connectivity index (χ4v) is 3.70. The van der Waals surface area contributed by atoms with E-state index in [0.29, 0.717) is 17.0 Å². The van der Waals surface area contributed by atoms with Gasteiger partial charge < -0.3 is 4.74 Å². The van der Waals surface area contributed by atoms with Crippen molar-refractivity contribution >= 4 is 26.6 Å². The number of para-hydroxylation sites is 1. The number of nitrogens with zero attached hydrogens (tertiary/aromatic N) is 1. The molecule has 1 N–H and O–H groups in total. The van der Waals surface area contributed by atoms with Gasteiger partial charge >= 0.3 is 0 Å². The summed E-state index contributed by atoms with van der Waals surface area (Å²) in [7, 11) is -2.34. The van der Waals surface area contributed by atoms with Gasteiger partial charge in [-0.2, -0.15) is 0 Å². The van der Waals surface area contributed by atoms with Crippen LogP contribution in [0.5, 0.6) is 5.75 Å². The molecule has 0 aliphatic rings. The minimum Gasteiger partial charge on any atom is -0.495 e. The highest BCUT2D eigenvalue weighted by Gasteiger charge is 2.20. The van der Waals surface area contributed by atoms with Crippen molar-refractivity contribution in [2.45, 2.75) is 11.8 Å². The largest absolute Gasteiger partial charge is 0.495 e. The summed E-state index contributed by atoms with van der Waals surface area (Å²) in [6.07, 6.45) is 1.63. The van der Waals surface area contributed by atoms with Crippen LogP contribution in [0.15, 0.2) is 59.6 Å². The quantitative estimate of drug-likeness (QED) is 0.797. The summed E-state index contributed by atoms with van der Waals surface area (Å²) in [6, 6.07) is 14.1. The average Bonchev–Trinajstić information content (AvgIpc) is 2.55. The predicted octanol–water partition coefficient (Wildman–Crippen LogP) is 3.35. The van der Waals surface area contributed by atoms with Gasteiger partial charge in [0.25, 0.3) is 10.0 Å². The summed E-state index contributed by atoms with van der Waals surface area (Å²) in [6.45, 7) is 1.83. The molecule has 3 aromatic rings. The third-order valence-corrected chi connectivity index (χ3v) is 4.87. The van der Waals surface area contributed by atoms with Crippen LogP contribution in [0.4, 0.5) is 5.69 Å². The Morgan fingerprint density at radius 1 is 1.09 bits per heavy atom. The van der Waals surface area contributed by atoms with Crippen molar-refractivity contribution in [3.8, 4) is 5.75 Å². The van der Waals surface area contributed by atoms with Gasteiger partial charge in [-0.15, -0.1) is 0 Å². The topological polar surface area (TPSA) is 68.3 Å². The molecular weight excluding hydrogens is 312 g/mol. The molecule has 0 fully saturated rings. The average molecular weight is 328 g/mol. The first kappa shape index (κ1) is 15.3. The van der Waals surface area contributed by atoms with Crippen LogP contribution in [-0.4, -0.2) is 20.5 Å². The summed E-state index contributed by atoms with van der Waals surface area (Å²) in [5.41, 5.74) is 1.87. The maximum absolute atomic E-state index is 12.8. The van der Waals surface area contributed by atoms with E-state index in [9.17, 15) is 8.42 Å². The Balaban J connectivity index is 2.09. The molecule has 0 aliphatic carbocycles. The molecule has 0 atom stereocenters. The number of anilines is 1. The standard InChI is InChI=1S/C17H16N2O3S/c1-12-8-9-15(22-2)16(11-12)23(20,21)19-14-7-3-5-13-6-4-10-18-17(13)14/h3-11,19H,1-2H3. The van der Waals surface area contributed by atoms with Gasteiger partial charge in [-0.05, 0) is 36.8 Å². The minimum absolute atomic E-state index is 0.105. The van der Waals surface area contributed by atoms with Crippen molar-refractivity contribution in [3.05, 3.63) is 60.3 Å². The molecule has 0 amide bonds. The lowest BCUT2D eigenvalue weighted by Crippen LogP contribution is -2.14. The number of rotatable bonds is 4. The first-order valence-electron chi connectivity index (χ1n) is 7.02. The van der Waals surface area contributed by atoms with E-state index in [0.717, 1.165) is 10.9 Å². The number of ether oxygens (including phenoxy) is 1.